The summed E-state index contributed by atoms with van der Waals surface area (Å²) in [5, 5.41) is 0. The molecule has 0 atom stereocenters. The van der Waals surface area contributed by atoms with Gasteiger partial charge in [-0.1, -0.05) is 33.1 Å². The average Bonchev–Trinajstić information content (AvgIpc) is 2.66. The van der Waals surface area contributed by atoms with Gasteiger partial charge in [-0.3, -0.25) is 9.59 Å². The molecular formula is C20H29F9O4. The second-order valence-corrected chi connectivity index (χ2v) is 8.01. The van der Waals surface area contributed by atoms with E-state index >= 15 is 0 Å². The largest absolute Gasteiger partial charge is 0.465 e. The van der Waals surface area contributed by atoms with Crippen molar-refractivity contribution >= 4 is 11.9 Å². The quantitative estimate of drug-likeness (QED) is 0.116. The topological polar surface area (TPSA) is 52.6 Å². The van der Waals surface area contributed by atoms with Gasteiger partial charge in [-0.2, -0.15) is 39.5 Å². The van der Waals surface area contributed by atoms with Crippen LogP contribution >= 0.6 is 0 Å². The molecule has 0 fully saturated rings. The third-order valence-electron chi connectivity index (χ3n) is 5.04. The van der Waals surface area contributed by atoms with Gasteiger partial charge in [0.1, 0.15) is 0 Å². The monoisotopic (exact) mass is 504 g/mol. The lowest BCUT2D eigenvalue weighted by Gasteiger charge is -2.36. The normalized spacial score (nSPS) is 13.9. The summed E-state index contributed by atoms with van der Waals surface area (Å²) in [6.45, 7) is 5.63. The van der Waals surface area contributed by atoms with Crippen molar-refractivity contribution in [1.82, 2.24) is 0 Å². The van der Waals surface area contributed by atoms with E-state index in [2.05, 4.69) is 0 Å². The Kier molecular flexibility index (Phi) is 11.0. The van der Waals surface area contributed by atoms with Crippen molar-refractivity contribution in [3.8, 4) is 0 Å². The molecule has 196 valence electrons. The molecular weight excluding hydrogens is 475 g/mol. The van der Waals surface area contributed by atoms with E-state index in [0.717, 1.165) is 0 Å². The van der Waals surface area contributed by atoms with E-state index in [1.807, 2.05) is 13.8 Å². The molecule has 0 aliphatic rings. The third-order valence-corrected chi connectivity index (χ3v) is 5.04. The van der Waals surface area contributed by atoms with E-state index in [0.29, 0.717) is 12.8 Å². The minimum Gasteiger partial charge on any atom is -0.465 e. The summed E-state index contributed by atoms with van der Waals surface area (Å²) in [5.41, 5.74) is -2.57. The van der Waals surface area contributed by atoms with Crippen molar-refractivity contribution in [2.24, 2.45) is 11.3 Å². The third kappa shape index (κ3) is 7.14. The average molecular weight is 504 g/mol. The second kappa shape index (κ2) is 11.6. The molecule has 0 bridgehead atoms. The van der Waals surface area contributed by atoms with Crippen molar-refractivity contribution < 1.29 is 58.6 Å². The number of unbranched alkanes of at least 4 members (excludes halogenated alkanes) is 1. The molecule has 0 saturated heterocycles. The van der Waals surface area contributed by atoms with Gasteiger partial charge in [0.15, 0.2) is 5.41 Å². The molecule has 0 N–H and O–H groups in total. The minimum atomic E-state index is -7.06. The summed E-state index contributed by atoms with van der Waals surface area (Å²) in [7, 11) is 0. The second-order valence-electron chi connectivity index (χ2n) is 8.01. The lowest BCUT2D eigenvalue weighted by Crippen LogP contribution is -2.61. The van der Waals surface area contributed by atoms with E-state index in [1.54, 1.807) is 0 Å². The predicted octanol–water partition coefficient (Wildman–Crippen LogP) is 6.56. The smallest absolute Gasteiger partial charge is 0.460 e. The van der Waals surface area contributed by atoms with Gasteiger partial charge in [0.2, 0.25) is 0 Å². The number of rotatable bonds is 14. The maximum Gasteiger partial charge on any atom is 0.460 e. The number of hydrogen-bond donors (Lipinski definition) is 0. The van der Waals surface area contributed by atoms with Crippen LogP contribution in [0.1, 0.15) is 66.2 Å². The van der Waals surface area contributed by atoms with E-state index in [1.165, 1.54) is 13.8 Å². The number of carbonyl (C=O) groups excluding carboxylic acids is 2. The zero-order chi connectivity index (χ0) is 26.3. The Labute approximate surface area is 186 Å². The Balaban J connectivity index is 6.12. The molecule has 33 heavy (non-hydrogen) atoms. The van der Waals surface area contributed by atoms with Crippen molar-refractivity contribution in [2.75, 3.05) is 13.2 Å². The molecule has 0 aliphatic carbocycles. The molecule has 13 heteroatoms. The number of hydrogen-bond acceptors (Lipinski definition) is 4. The highest BCUT2D eigenvalue weighted by atomic mass is 19.4. The van der Waals surface area contributed by atoms with Gasteiger partial charge in [0, 0.05) is 6.42 Å². The Morgan fingerprint density at radius 1 is 0.697 bits per heavy atom. The molecule has 0 saturated carbocycles. The SMILES string of the molecule is CCOC(=O)C(CCCCC(C)C)(CCC(F)(F)C(F)(F)C(F)(F)C(F)(F)F)C(=O)OCC. The van der Waals surface area contributed by atoms with Crippen LogP contribution in [-0.2, 0) is 19.1 Å². The zero-order valence-electron chi connectivity index (χ0n) is 18.8. The Morgan fingerprint density at radius 3 is 1.52 bits per heavy atom. The van der Waals surface area contributed by atoms with Crippen LogP contribution in [0.5, 0.6) is 0 Å². The number of alkyl halides is 9. The number of carbonyl (C=O) groups is 2. The van der Waals surface area contributed by atoms with Gasteiger partial charge >= 0.3 is 35.9 Å². The highest BCUT2D eigenvalue weighted by Gasteiger charge is 2.81. The van der Waals surface area contributed by atoms with Gasteiger partial charge in [-0.15, -0.1) is 0 Å². The predicted molar refractivity (Wildman–Crippen MR) is 99.1 cm³/mol. The van der Waals surface area contributed by atoms with Crippen LogP contribution < -0.4 is 0 Å². The summed E-state index contributed by atoms with van der Waals surface area (Å²) in [5.74, 6) is -22.4. The highest BCUT2D eigenvalue weighted by Crippen LogP contribution is 2.55. The van der Waals surface area contributed by atoms with Gasteiger partial charge in [0.05, 0.1) is 13.2 Å². The Morgan fingerprint density at radius 2 is 1.15 bits per heavy atom. The highest BCUT2D eigenvalue weighted by molar-refractivity contribution is 6.00. The van der Waals surface area contributed by atoms with Crippen molar-refractivity contribution in [3.63, 3.8) is 0 Å². The first-order valence-corrected chi connectivity index (χ1v) is 10.4. The van der Waals surface area contributed by atoms with Crippen LogP contribution in [0, 0.1) is 11.3 Å². The van der Waals surface area contributed by atoms with Crippen molar-refractivity contribution in [3.05, 3.63) is 0 Å². The molecule has 0 heterocycles. The zero-order valence-corrected chi connectivity index (χ0v) is 18.8. The number of halogens is 9. The lowest BCUT2D eigenvalue weighted by atomic mass is 9.76. The van der Waals surface area contributed by atoms with Crippen LogP contribution in [0.4, 0.5) is 39.5 Å². The molecule has 0 aromatic rings. The molecule has 0 spiro atoms. The standard InChI is InChI=1S/C20H29F9O4/c1-5-32-14(30)16(15(31)33-6-2,10-8-7-9-13(3)4)11-12-17(21,22)18(23,24)19(25,26)20(27,28)29/h13H,5-12H2,1-4H3. The first-order valence-electron chi connectivity index (χ1n) is 10.4. The van der Waals surface area contributed by atoms with Crippen LogP contribution in [0.25, 0.3) is 0 Å². The fourth-order valence-corrected chi connectivity index (χ4v) is 3.07. The fraction of sp³-hybridized carbons (Fsp3) is 0.900. The van der Waals surface area contributed by atoms with Crippen LogP contribution in [0.15, 0.2) is 0 Å². The fourth-order valence-electron chi connectivity index (χ4n) is 3.07. The molecule has 0 unspecified atom stereocenters. The maximum atomic E-state index is 14.1. The number of ether oxygens (including phenoxy) is 2. The summed E-state index contributed by atoms with van der Waals surface area (Å²) < 4.78 is 128. The van der Waals surface area contributed by atoms with Crippen molar-refractivity contribution in [1.29, 1.82) is 0 Å². The summed E-state index contributed by atoms with van der Waals surface area (Å²) in [4.78, 5) is 25.1. The van der Waals surface area contributed by atoms with Gasteiger partial charge in [0.25, 0.3) is 0 Å². The number of esters is 2. The Bertz CT molecular complexity index is 628. The molecule has 0 rings (SSSR count). The van der Waals surface area contributed by atoms with Gasteiger partial charge in [-0.05, 0) is 32.6 Å². The van der Waals surface area contributed by atoms with Crippen LogP contribution in [0.2, 0.25) is 0 Å². The van der Waals surface area contributed by atoms with E-state index in [-0.39, 0.29) is 25.6 Å². The van der Waals surface area contributed by atoms with Gasteiger partial charge < -0.3 is 9.47 Å². The lowest BCUT2D eigenvalue weighted by molar-refractivity contribution is -0.397. The first kappa shape index (κ1) is 31.3. The maximum absolute atomic E-state index is 14.1. The minimum absolute atomic E-state index is 0.0521. The van der Waals surface area contributed by atoms with E-state index < -0.39 is 60.6 Å². The molecule has 0 amide bonds. The summed E-state index contributed by atoms with van der Waals surface area (Å²) in [6, 6.07) is 0. The van der Waals surface area contributed by atoms with E-state index in [4.69, 9.17) is 9.47 Å². The molecule has 0 aromatic heterocycles. The molecule has 0 aliphatic heterocycles. The summed E-state index contributed by atoms with van der Waals surface area (Å²) >= 11 is 0. The molecule has 0 radical (unpaired) electrons. The van der Waals surface area contributed by atoms with Gasteiger partial charge in [-0.25, -0.2) is 0 Å². The van der Waals surface area contributed by atoms with Crippen molar-refractivity contribution in [2.45, 2.75) is 90.2 Å². The molecule has 4 nitrogen and oxygen atoms in total. The first-order chi connectivity index (χ1) is 14.8. The summed E-state index contributed by atoms with van der Waals surface area (Å²) in [6.07, 6.45) is -10.2. The van der Waals surface area contributed by atoms with Crippen LogP contribution in [-0.4, -0.2) is 49.1 Å². The Hall–Kier alpha value is -1.69. The van der Waals surface area contributed by atoms with E-state index in [9.17, 15) is 49.1 Å². The molecule has 0 aromatic carbocycles. The van der Waals surface area contributed by atoms with Crippen LogP contribution in [0.3, 0.4) is 0 Å².